The van der Waals surface area contributed by atoms with Crippen molar-refractivity contribution in [3.05, 3.63) is 40.3 Å². The second-order valence-corrected chi connectivity index (χ2v) is 4.27. The van der Waals surface area contributed by atoms with Gasteiger partial charge in [0, 0.05) is 7.05 Å². The van der Waals surface area contributed by atoms with Crippen molar-refractivity contribution in [2.45, 2.75) is 6.92 Å². The number of carbonyl (C=O) groups is 1. The summed E-state index contributed by atoms with van der Waals surface area (Å²) in [5, 5.41) is 7.70. The zero-order valence-electron chi connectivity index (χ0n) is 11.0. The molecule has 0 aliphatic rings. The number of esters is 1. The molecule has 1 aromatic carbocycles. The molecule has 2 aromatic heterocycles. The maximum atomic E-state index is 12.4. The van der Waals surface area contributed by atoms with Crippen molar-refractivity contribution >= 4 is 22.5 Å². The van der Waals surface area contributed by atoms with Crippen LogP contribution in [0.15, 0.2) is 29.1 Å². The molecule has 0 atom stereocenters. The molecular formula is C13H12N4O3. The Labute approximate surface area is 113 Å². The average Bonchev–Trinajstić information content (AvgIpc) is 2.90. The van der Waals surface area contributed by atoms with Crippen LogP contribution in [-0.2, 0) is 11.8 Å². The molecule has 7 heteroatoms. The maximum absolute atomic E-state index is 12.4. The lowest BCUT2D eigenvalue weighted by Crippen LogP contribution is -2.22. The molecule has 3 aromatic rings. The van der Waals surface area contributed by atoms with Crippen molar-refractivity contribution in [2.24, 2.45) is 7.05 Å². The normalized spacial score (nSPS) is 11.1. The Balaban J connectivity index is 2.45. The number of rotatable bonds is 2. The summed E-state index contributed by atoms with van der Waals surface area (Å²) in [5.74, 6) is -0.644. The fourth-order valence-corrected chi connectivity index (χ4v) is 2.17. The van der Waals surface area contributed by atoms with E-state index in [1.165, 1.54) is 9.08 Å². The summed E-state index contributed by atoms with van der Waals surface area (Å²) in [6, 6.07) is 7.28. The maximum Gasteiger partial charge on any atom is 0.361 e. The van der Waals surface area contributed by atoms with Gasteiger partial charge in [-0.15, -0.1) is 5.10 Å². The summed E-state index contributed by atoms with van der Waals surface area (Å²) in [4.78, 5) is 24.2. The molecule has 102 valence electrons. The zero-order valence-corrected chi connectivity index (χ0v) is 11.0. The first-order chi connectivity index (χ1) is 9.65. The van der Waals surface area contributed by atoms with E-state index in [9.17, 15) is 9.59 Å². The van der Waals surface area contributed by atoms with Crippen LogP contribution in [0.5, 0.6) is 0 Å². The highest BCUT2D eigenvalue weighted by Crippen LogP contribution is 2.14. The van der Waals surface area contributed by atoms with Gasteiger partial charge in [0.2, 0.25) is 5.69 Å². The van der Waals surface area contributed by atoms with Crippen molar-refractivity contribution in [1.82, 2.24) is 19.4 Å². The minimum atomic E-state index is -0.644. The number of carbonyl (C=O) groups excluding carboxylic acids is 1. The first-order valence-corrected chi connectivity index (χ1v) is 6.15. The van der Waals surface area contributed by atoms with Crippen LogP contribution in [0.25, 0.3) is 16.6 Å². The van der Waals surface area contributed by atoms with E-state index >= 15 is 0 Å². The first kappa shape index (κ1) is 12.3. The molecular weight excluding hydrogens is 260 g/mol. The monoisotopic (exact) mass is 272 g/mol. The number of fused-ring (bicyclic) bond motifs is 3. The number of hydrogen-bond donors (Lipinski definition) is 0. The molecule has 20 heavy (non-hydrogen) atoms. The smallest absolute Gasteiger partial charge is 0.361 e. The standard InChI is InChI=1S/C13H12N4O3/c1-3-20-13(19)10-11-12(18)16(2)8-6-4-5-7-9(8)17(11)15-14-10/h4-7H,3H2,1-2H3. The predicted molar refractivity (Wildman–Crippen MR) is 71.7 cm³/mol. The van der Waals surface area contributed by atoms with Gasteiger partial charge in [0.15, 0.2) is 5.52 Å². The molecule has 7 nitrogen and oxygen atoms in total. The number of hydrogen-bond acceptors (Lipinski definition) is 5. The second kappa shape index (κ2) is 4.44. The van der Waals surface area contributed by atoms with Gasteiger partial charge in [0.1, 0.15) is 0 Å². The molecule has 0 aliphatic heterocycles. The Kier molecular flexibility index (Phi) is 2.74. The molecule has 0 saturated heterocycles. The molecule has 0 unspecified atom stereocenters. The number of ether oxygens (including phenoxy) is 1. The summed E-state index contributed by atoms with van der Waals surface area (Å²) in [6.45, 7) is 1.91. The molecule has 0 aliphatic carbocycles. The lowest BCUT2D eigenvalue weighted by Gasteiger charge is -2.06. The third-order valence-corrected chi connectivity index (χ3v) is 3.12. The van der Waals surface area contributed by atoms with Crippen LogP contribution in [0.3, 0.4) is 0 Å². The number of para-hydroxylation sites is 2. The number of nitrogens with zero attached hydrogens (tertiary/aromatic N) is 4. The SMILES string of the molecule is CCOC(=O)c1nnn2c1c(=O)n(C)c1ccccc12. The number of aromatic nitrogens is 4. The van der Waals surface area contributed by atoms with E-state index in [0.717, 1.165) is 0 Å². The minimum absolute atomic E-state index is 0.0572. The summed E-state index contributed by atoms with van der Waals surface area (Å²) in [5.41, 5.74) is 1.15. The summed E-state index contributed by atoms with van der Waals surface area (Å²) >= 11 is 0. The van der Waals surface area contributed by atoms with E-state index in [2.05, 4.69) is 10.3 Å². The zero-order chi connectivity index (χ0) is 14.3. The van der Waals surface area contributed by atoms with Gasteiger partial charge in [-0.1, -0.05) is 17.3 Å². The van der Waals surface area contributed by atoms with E-state index in [4.69, 9.17) is 4.74 Å². The fourth-order valence-electron chi connectivity index (χ4n) is 2.17. The Morgan fingerprint density at radius 1 is 1.30 bits per heavy atom. The summed E-state index contributed by atoms with van der Waals surface area (Å²) < 4.78 is 7.75. The molecule has 0 fully saturated rings. The van der Waals surface area contributed by atoms with Crippen molar-refractivity contribution in [2.75, 3.05) is 6.61 Å². The lowest BCUT2D eigenvalue weighted by atomic mass is 10.2. The highest BCUT2D eigenvalue weighted by atomic mass is 16.5. The molecule has 3 rings (SSSR count). The Hall–Kier alpha value is -2.70. The van der Waals surface area contributed by atoms with Crippen molar-refractivity contribution in [1.29, 1.82) is 0 Å². The lowest BCUT2D eigenvalue weighted by molar-refractivity contribution is 0.0521. The van der Waals surface area contributed by atoms with Gasteiger partial charge in [-0.25, -0.2) is 9.31 Å². The van der Waals surface area contributed by atoms with Crippen molar-refractivity contribution in [3.63, 3.8) is 0 Å². The van der Waals surface area contributed by atoms with Gasteiger partial charge < -0.3 is 9.30 Å². The molecule has 0 spiro atoms. The topological polar surface area (TPSA) is 78.5 Å². The van der Waals surface area contributed by atoms with E-state index in [1.54, 1.807) is 14.0 Å². The highest BCUT2D eigenvalue weighted by molar-refractivity contribution is 5.95. The second-order valence-electron chi connectivity index (χ2n) is 4.27. The van der Waals surface area contributed by atoms with Crippen LogP contribution >= 0.6 is 0 Å². The Bertz CT molecular complexity index is 878. The highest BCUT2D eigenvalue weighted by Gasteiger charge is 2.21. The van der Waals surface area contributed by atoms with Crippen LogP contribution in [0.4, 0.5) is 0 Å². The minimum Gasteiger partial charge on any atom is -0.461 e. The molecule has 0 bridgehead atoms. The first-order valence-electron chi connectivity index (χ1n) is 6.15. The molecule has 0 amide bonds. The van der Waals surface area contributed by atoms with Crippen LogP contribution < -0.4 is 5.56 Å². The van der Waals surface area contributed by atoms with E-state index < -0.39 is 5.97 Å². The average molecular weight is 272 g/mol. The van der Waals surface area contributed by atoms with Crippen LogP contribution in [-0.4, -0.2) is 32.0 Å². The quantitative estimate of drug-likeness (QED) is 0.643. The van der Waals surface area contributed by atoms with Gasteiger partial charge >= 0.3 is 5.97 Å². The van der Waals surface area contributed by atoms with Crippen LogP contribution in [0, 0.1) is 0 Å². The Morgan fingerprint density at radius 3 is 2.70 bits per heavy atom. The molecule has 0 saturated carbocycles. The van der Waals surface area contributed by atoms with Crippen LogP contribution in [0.1, 0.15) is 17.4 Å². The van der Waals surface area contributed by atoms with E-state index in [0.29, 0.717) is 11.0 Å². The van der Waals surface area contributed by atoms with Gasteiger partial charge in [0.05, 0.1) is 17.6 Å². The predicted octanol–water partition coefficient (Wildman–Crippen LogP) is 0.758. The third kappa shape index (κ3) is 1.59. The van der Waals surface area contributed by atoms with E-state index in [1.807, 2.05) is 24.3 Å². The van der Waals surface area contributed by atoms with Gasteiger partial charge in [0.25, 0.3) is 5.56 Å². The fraction of sp³-hybridized carbons (Fsp3) is 0.231. The van der Waals surface area contributed by atoms with Crippen LogP contribution in [0.2, 0.25) is 0 Å². The number of benzene rings is 1. The molecule has 0 radical (unpaired) electrons. The Morgan fingerprint density at radius 2 is 2.00 bits per heavy atom. The molecule has 0 N–H and O–H groups in total. The number of aryl methyl sites for hydroxylation is 1. The summed E-state index contributed by atoms with van der Waals surface area (Å²) in [6.07, 6.45) is 0. The molecule has 2 heterocycles. The van der Waals surface area contributed by atoms with Gasteiger partial charge in [-0.2, -0.15) is 0 Å². The van der Waals surface area contributed by atoms with E-state index in [-0.39, 0.29) is 23.4 Å². The van der Waals surface area contributed by atoms with Gasteiger partial charge in [-0.3, -0.25) is 4.79 Å². The summed E-state index contributed by atoms with van der Waals surface area (Å²) in [7, 11) is 1.65. The largest absolute Gasteiger partial charge is 0.461 e. The van der Waals surface area contributed by atoms with Crippen molar-refractivity contribution in [3.8, 4) is 0 Å². The third-order valence-electron chi connectivity index (χ3n) is 3.12. The van der Waals surface area contributed by atoms with Crippen molar-refractivity contribution < 1.29 is 9.53 Å². The van der Waals surface area contributed by atoms with Gasteiger partial charge in [-0.05, 0) is 19.1 Å².